The summed E-state index contributed by atoms with van der Waals surface area (Å²) in [5.74, 6) is 0. The van der Waals surface area contributed by atoms with Crippen molar-refractivity contribution in [2.45, 2.75) is 0 Å². The van der Waals surface area contributed by atoms with E-state index in [1.54, 1.807) is 4.79 Å². The second-order valence-electron chi connectivity index (χ2n) is 3.75. The molecule has 1 aromatic heterocycles. The van der Waals surface area contributed by atoms with Gasteiger partial charge in [-0.1, -0.05) is 29.8 Å². The van der Waals surface area contributed by atoms with E-state index in [2.05, 4.69) is 10.5 Å². The van der Waals surface area contributed by atoms with Gasteiger partial charge >= 0.3 is 0 Å². The number of hydrogen-bond donors (Lipinski definition) is 1. The van der Waals surface area contributed by atoms with E-state index in [9.17, 15) is 0 Å². The van der Waals surface area contributed by atoms with Gasteiger partial charge in [-0.15, -0.1) is 0 Å². The van der Waals surface area contributed by atoms with E-state index in [0.717, 1.165) is 21.6 Å². The lowest BCUT2D eigenvalue weighted by atomic mass is 10.3. The highest BCUT2D eigenvalue weighted by Gasteiger charge is 1.99. The fraction of sp³-hybridized carbons (Fsp3) is 0. The Morgan fingerprint density at radius 3 is 2.53 bits per heavy atom. The number of nitrogens with zero attached hydrogens (tertiary/aromatic N) is 2. The van der Waals surface area contributed by atoms with Gasteiger partial charge in [0.25, 0.3) is 0 Å². The van der Waals surface area contributed by atoms with Crippen LogP contribution in [0.25, 0.3) is 10.9 Å². The number of fused-ring (bicyclic) bond motifs is 1. The largest absolute Gasteiger partial charge is 0.278 e. The zero-order chi connectivity index (χ0) is 11.7. The van der Waals surface area contributed by atoms with Gasteiger partial charge < -0.3 is 0 Å². The second-order valence-corrected chi connectivity index (χ2v) is 4.19. The average Bonchev–Trinajstić information content (AvgIpc) is 2.74. The van der Waals surface area contributed by atoms with Crippen LogP contribution in [0.1, 0.15) is 0 Å². The molecule has 17 heavy (non-hydrogen) atoms. The Hall–Kier alpha value is -2.00. The molecule has 3 aromatic rings. The van der Waals surface area contributed by atoms with Gasteiger partial charge in [0.15, 0.2) is 0 Å². The second kappa shape index (κ2) is 4.11. The minimum absolute atomic E-state index is 0.723. The molecule has 4 heteroatoms. The van der Waals surface area contributed by atoms with Gasteiger partial charge in [0.2, 0.25) is 0 Å². The van der Waals surface area contributed by atoms with Crippen LogP contribution >= 0.6 is 11.6 Å². The maximum Gasteiger partial charge on any atom is 0.0944 e. The van der Waals surface area contributed by atoms with Crippen molar-refractivity contribution in [1.29, 1.82) is 0 Å². The zero-order valence-corrected chi connectivity index (χ0v) is 9.72. The normalized spacial score (nSPS) is 10.6. The molecule has 0 spiro atoms. The molecule has 0 atom stereocenters. The molecule has 0 aliphatic carbocycles. The Kier molecular flexibility index (Phi) is 2.46. The smallest absolute Gasteiger partial charge is 0.0944 e. The molecule has 3 nitrogen and oxygen atoms in total. The van der Waals surface area contributed by atoms with E-state index in [4.69, 9.17) is 11.6 Å². The Morgan fingerprint density at radius 2 is 1.76 bits per heavy atom. The Balaban J connectivity index is 1.92. The van der Waals surface area contributed by atoms with Gasteiger partial charge in [0.05, 0.1) is 17.4 Å². The van der Waals surface area contributed by atoms with E-state index in [0.29, 0.717) is 0 Å². The van der Waals surface area contributed by atoms with Crippen molar-refractivity contribution in [3.05, 3.63) is 59.8 Å². The Bertz CT molecular complexity index is 610. The van der Waals surface area contributed by atoms with Crippen LogP contribution in [0.5, 0.6) is 0 Å². The van der Waals surface area contributed by atoms with Crippen LogP contribution in [0.2, 0.25) is 5.02 Å². The number of aromatic nitrogens is 2. The number of halogens is 1. The van der Waals surface area contributed by atoms with E-state index < -0.39 is 0 Å². The number of anilines is 1. The fourth-order valence-electron chi connectivity index (χ4n) is 1.68. The Morgan fingerprint density at radius 1 is 1.00 bits per heavy atom. The van der Waals surface area contributed by atoms with Gasteiger partial charge in [0.1, 0.15) is 0 Å². The van der Waals surface area contributed by atoms with Crippen LogP contribution in [-0.4, -0.2) is 9.89 Å². The highest BCUT2D eigenvalue weighted by Crippen LogP contribution is 2.15. The molecule has 0 radical (unpaired) electrons. The molecule has 3 rings (SSSR count). The summed E-state index contributed by atoms with van der Waals surface area (Å²) in [4.78, 5) is 1.70. The predicted octanol–water partition coefficient (Wildman–Crippen LogP) is 3.56. The van der Waals surface area contributed by atoms with Crippen molar-refractivity contribution in [2.24, 2.45) is 0 Å². The molecule has 0 fully saturated rings. The lowest BCUT2D eigenvalue weighted by Gasteiger charge is -2.04. The van der Waals surface area contributed by atoms with Crippen molar-refractivity contribution >= 4 is 28.2 Å². The topological polar surface area (TPSA) is 29.9 Å². The van der Waals surface area contributed by atoms with Gasteiger partial charge in [-0.2, -0.15) is 9.89 Å². The summed E-state index contributed by atoms with van der Waals surface area (Å²) < 4.78 is 0. The van der Waals surface area contributed by atoms with Crippen LogP contribution in [0.15, 0.2) is 54.7 Å². The quantitative estimate of drug-likeness (QED) is 0.746. The fourth-order valence-corrected chi connectivity index (χ4v) is 1.80. The van der Waals surface area contributed by atoms with Crippen LogP contribution in [-0.2, 0) is 0 Å². The van der Waals surface area contributed by atoms with E-state index in [1.165, 1.54) is 0 Å². The number of rotatable bonds is 2. The van der Waals surface area contributed by atoms with Crippen LogP contribution < -0.4 is 5.43 Å². The molecule has 2 aromatic carbocycles. The third-order valence-corrected chi connectivity index (χ3v) is 2.75. The third-order valence-electron chi connectivity index (χ3n) is 2.50. The minimum Gasteiger partial charge on any atom is -0.278 e. The zero-order valence-electron chi connectivity index (χ0n) is 8.97. The van der Waals surface area contributed by atoms with Crippen molar-refractivity contribution in [2.75, 3.05) is 5.43 Å². The number of nitrogens with one attached hydrogen (secondary N) is 1. The Labute approximate surface area is 104 Å². The SMILES string of the molecule is Clc1ccc(Nn2cc3ccccc3n2)cc1. The summed E-state index contributed by atoms with van der Waals surface area (Å²) in [5, 5.41) is 6.23. The molecule has 84 valence electrons. The number of benzene rings is 2. The molecular formula is C13H10ClN3. The number of hydrogen-bond acceptors (Lipinski definition) is 2. The molecule has 0 aliphatic rings. The molecule has 1 N–H and O–H groups in total. The molecule has 0 amide bonds. The first-order valence-electron chi connectivity index (χ1n) is 5.28. The molecule has 0 aliphatic heterocycles. The first-order valence-corrected chi connectivity index (χ1v) is 5.66. The summed E-state index contributed by atoms with van der Waals surface area (Å²) in [5.41, 5.74) is 5.08. The van der Waals surface area contributed by atoms with E-state index in [1.807, 2.05) is 54.7 Å². The lowest BCUT2D eigenvalue weighted by molar-refractivity contribution is 0.816. The molecule has 0 bridgehead atoms. The van der Waals surface area contributed by atoms with Crippen molar-refractivity contribution in [3.8, 4) is 0 Å². The average molecular weight is 244 g/mol. The molecule has 0 saturated carbocycles. The van der Waals surface area contributed by atoms with E-state index >= 15 is 0 Å². The highest BCUT2D eigenvalue weighted by molar-refractivity contribution is 6.30. The predicted molar refractivity (Wildman–Crippen MR) is 70.2 cm³/mol. The summed E-state index contributed by atoms with van der Waals surface area (Å²) in [6.07, 6.45) is 1.95. The first-order chi connectivity index (χ1) is 8.31. The van der Waals surface area contributed by atoms with Gasteiger partial charge in [0, 0.05) is 10.4 Å². The standard InChI is InChI=1S/C13H10ClN3/c14-11-5-7-12(8-6-11)15-17-9-10-3-1-2-4-13(10)16-17/h1-9,15H. The van der Waals surface area contributed by atoms with Crippen molar-refractivity contribution in [3.63, 3.8) is 0 Å². The van der Waals surface area contributed by atoms with Crippen LogP contribution in [0.3, 0.4) is 0 Å². The summed E-state index contributed by atoms with van der Waals surface area (Å²) in [6.45, 7) is 0. The van der Waals surface area contributed by atoms with Gasteiger partial charge in [-0.05, 0) is 30.3 Å². The van der Waals surface area contributed by atoms with Gasteiger partial charge in [-0.3, -0.25) is 5.43 Å². The molecule has 1 heterocycles. The van der Waals surface area contributed by atoms with Crippen molar-refractivity contribution in [1.82, 2.24) is 9.89 Å². The third kappa shape index (κ3) is 2.10. The van der Waals surface area contributed by atoms with Gasteiger partial charge in [-0.25, -0.2) is 0 Å². The van der Waals surface area contributed by atoms with Crippen molar-refractivity contribution < 1.29 is 0 Å². The molecular weight excluding hydrogens is 234 g/mol. The highest BCUT2D eigenvalue weighted by atomic mass is 35.5. The summed E-state index contributed by atoms with van der Waals surface area (Å²) >= 11 is 5.83. The van der Waals surface area contributed by atoms with Crippen LogP contribution in [0.4, 0.5) is 5.69 Å². The molecule has 0 saturated heterocycles. The maximum atomic E-state index is 5.83. The van der Waals surface area contributed by atoms with Crippen LogP contribution in [0, 0.1) is 0 Å². The summed E-state index contributed by atoms with van der Waals surface area (Å²) in [7, 11) is 0. The maximum absolute atomic E-state index is 5.83. The molecule has 0 unspecified atom stereocenters. The van der Waals surface area contributed by atoms with E-state index in [-0.39, 0.29) is 0 Å². The monoisotopic (exact) mass is 243 g/mol. The first kappa shape index (κ1) is 10.2. The summed E-state index contributed by atoms with van der Waals surface area (Å²) in [6, 6.07) is 15.5. The minimum atomic E-state index is 0.723. The lowest BCUT2D eigenvalue weighted by Crippen LogP contribution is -2.08.